The van der Waals surface area contributed by atoms with Crippen LogP contribution in [0.4, 0.5) is 0 Å². The normalized spacial score (nSPS) is 22.9. The van der Waals surface area contributed by atoms with Crippen LogP contribution in [-0.4, -0.2) is 83.3 Å². The number of ether oxygens (including phenoxy) is 6. The molecular weight excluding hydrogens is 596 g/mol. The van der Waals surface area contributed by atoms with Gasteiger partial charge in [0.25, 0.3) is 0 Å². The van der Waals surface area contributed by atoms with Crippen molar-refractivity contribution in [3.05, 3.63) is 34.4 Å². The van der Waals surface area contributed by atoms with Gasteiger partial charge in [0.05, 0.1) is 14.2 Å². The molecule has 4 rings (SSSR count). The second kappa shape index (κ2) is 14.2. The van der Waals surface area contributed by atoms with Gasteiger partial charge in [0, 0.05) is 40.2 Å². The smallest absolute Gasteiger partial charge is 0.303 e. The van der Waals surface area contributed by atoms with Gasteiger partial charge in [0.1, 0.15) is 24.6 Å². The molecule has 0 radical (unpaired) electrons. The van der Waals surface area contributed by atoms with Crippen LogP contribution >= 0.6 is 12.2 Å². The van der Waals surface area contributed by atoms with Crippen molar-refractivity contribution >= 4 is 36.0 Å². The summed E-state index contributed by atoms with van der Waals surface area (Å²) < 4.78 is 37.3. The van der Waals surface area contributed by atoms with E-state index in [4.69, 9.17) is 45.7 Å². The summed E-state index contributed by atoms with van der Waals surface area (Å²) in [7, 11) is 3.15. The standard InChI is InChI=1S/C29H38N4O10S/c1-15(34)30-25-27(42-18(4)37)26(41-17(3)36)23(14-40-16(2)35)43-28(25)33-29(44)32(20-9-10-20)24(31-33)12-8-19-7-11-21(38-5)22(13-19)39-6/h7,11,13,20,23,25-28H,8-10,12,14H2,1-6H3,(H,30,34)/t23-,25-,26-,27-,28-/m1/s1. The quantitative estimate of drug-likeness (QED) is 0.207. The van der Waals surface area contributed by atoms with Crippen molar-refractivity contribution in [2.24, 2.45) is 0 Å². The molecule has 2 heterocycles. The zero-order chi connectivity index (χ0) is 32.1. The fraction of sp³-hybridized carbons (Fsp3) is 0.586. The summed E-state index contributed by atoms with van der Waals surface area (Å²) in [5.41, 5.74) is 0.996. The molecule has 1 N–H and O–H groups in total. The topological polar surface area (TPSA) is 158 Å². The van der Waals surface area contributed by atoms with Crippen molar-refractivity contribution in [2.75, 3.05) is 20.8 Å². The summed E-state index contributed by atoms with van der Waals surface area (Å²) in [6.45, 7) is 4.58. The summed E-state index contributed by atoms with van der Waals surface area (Å²) in [5.74, 6) is -0.485. The van der Waals surface area contributed by atoms with Crippen LogP contribution in [0.3, 0.4) is 0 Å². The van der Waals surface area contributed by atoms with Gasteiger partial charge in [0.15, 0.2) is 29.9 Å². The Morgan fingerprint density at radius 1 is 0.955 bits per heavy atom. The van der Waals surface area contributed by atoms with Crippen molar-refractivity contribution in [1.82, 2.24) is 19.7 Å². The Morgan fingerprint density at radius 2 is 1.61 bits per heavy atom. The molecule has 2 fully saturated rings. The Balaban J connectivity index is 1.75. The number of aryl methyl sites for hydroxylation is 2. The molecule has 0 unspecified atom stereocenters. The van der Waals surface area contributed by atoms with Crippen LogP contribution in [0, 0.1) is 4.77 Å². The molecule has 14 nitrogen and oxygen atoms in total. The third-order valence-electron chi connectivity index (χ3n) is 7.23. The number of methoxy groups -OCH3 is 2. The lowest BCUT2D eigenvalue weighted by Gasteiger charge is -2.45. The molecule has 44 heavy (non-hydrogen) atoms. The molecule has 2 aromatic rings. The summed E-state index contributed by atoms with van der Waals surface area (Å²) in [6, 6.07) is 4.77. The van der Waals surface area contributed by atoms with E-state index < -0.39 is 54.4 Å². The maximum Gasteiger partial charge on any atom is 0.303 e. The van der Waals surface area contributed by atoms with Crippen LogP contribution in [0.5, 0.6) is 11.5 Å². The van der Waals surface area contributed by atoms with Crippen LogP contribution in [0.1, 0.15) is 64.2 Å². The van der Waals surface area contributed by atoms with Gasteiger partial charge in [-0.3, -0.25) is 19.2 Å². The SMILES string of the molecule is COc1ccc(CCc2nn([C@@H]3O[C@H](COC(C)=O)[C@@H](OC(C)=O)[C@H](OC(C)=O)[C@H]3NC(C)=O)c(=S)n2C2CC2)cc1OC. The molecule has 1 saturated heterocycles. The van der Waals surface area contributed by atoms with Crippen LogP contribution < -0.4 is 14.8 Å². The van der Waals surface area contributed by atoms with E-state index in [1.807, 2.05) is 22.8 Å². The van der Waals surface area contributed by atoms with Gasteiger partial charge in [-0.2, -0.15) is 5.10 Å². The molecule has 0 spiro atoms. The molecule has 0 bridgehead atoms. The van der Waals surface area contributed by atoms with Gasteiger partial charge < -0.3 is 38.3 Å². The lowest BCUT2D eigenvalue weighted by molar-refractivity contribution is -0.239. The van der Waals surface area contributed by atoms with Gasteiger partial charge in [-0.15, -0.1) is 0 Å². The Morgan fingerprint density at radius 3 is 2.18 bits per heavy atom. The molecule has 1 saturated carbocycles. The summed E-state index contributed by atoms with van der Waals surface area (Å²) in [4.78, 5) is 48.5. The van der Waals surface area contributed by atoms with Crippen LogP contribution in [0.25, 0.3) is 0 Å². The maximum atomic E-state index is 12.4. The lowest BCUT2D eigenvalue weighted by Crippen LogP contribution is -2.64. The van der Waals surface area contributed by atoms with Crippen molar-refractivity contribution < 1.29 is 47.6 Å². The van der Waals surface area contributed by atoms with E-state index in [0.717, 1.165) is 18.4 Å². The van der Waals surface area contributed by atoms with Gasteiger partial charge in [-0.25, -0.2) is 4.68 Å². The summed E-state index contributed by atoms with van der Waals surface area (Å²) in [6.07, 6.45) is -1.66. The molecule has 1 aliphatic carbocycles. The molecule has 2 aliphatic rings. The maximum absolute atomic E-state index is 12.4. The lowest BCUT2D eigenvalue weighted by atomic mass is 9.95. The first kappa shape index (κ1) is 32.9. The van der Waals surface area contributed by atoms with Crippen molar-refractivity contribution in [3.8, 4) is 11.5 Å². The number of amides is 1. The number of nitrogens with zero attached hydrogens (tertiary/aromatic N) is 3. The molecule has 1 aromatic carbocycles. The van der Waals surface area contributed by atoms with Gasteiger partial charge in [-0.05, 0) is 49.2 Å². The van der Waals surface area contributed by atoms with E-state index >= 15 is 0 Å². The minimum absolute atomic E-state index is 0.148. The highest BCUT2D eigenvalue weighted by atomic mass is 32.1. The van der Waals surface area contributed by atoms with Crippen LogP contribution in [0.15, 0.2) is 18.2 Å². The number of hydrogen-bond donors (Lipinski definition) is 1. The first-order chi connectivity index (χ1) is 20.9. The van der Waals surface area contributed by atoms with Gasteiger partial charge in [-0.1, -0.05) is 6.07 Å². The van der Waals surface area contributed by atoms with E-state index in [0.29, 0.717) is 34.9 Å². The minimum Gasteiger partial charge on any atom is -0.493 e. The number of hydrogen-bond acceptors (Lipinski definition) is 12. The number of carbonyl (C=O) groups excluding carboxylic acids is 4. The number of aromatic nitrogens is 3. The second-order valence-electron chi connectivity index (χ2n) is 10.7. The zero-order valence-electron chi connectivity index (χ0n) is 25.6. The third-order valence-corrected chi connectivity index (χ3v) is 7.62. The first-order valence-corrected chi connectivity index (χ1v) is 14.7. The van der Waals surface area contributed by atoms with E-state index in [2.05, 4.69) is 5.32 Å². The minimum atomic E-state index is -1.22. The van der Waals surface area contributed by atoms with Crippen molar-refractivity contribution in [2.45, 2.75) is 90.0 Å². The Labute approximate surface area is 259 Å². The molecule has 1 aromatic heterocycles. The summed E-state index contributed by atoms with van der Waals surface area (Å²) in [5, 5.41) is 7.63. The van der Waals surface area contributed by atoms with Crippen molar-refractivity contribution in [3.63, 3.8) is 0 Å². The molecule has 1 aliphatic heterocycles. The number of carbonyl (C=O) groups is 4. The van der Waals surface area contributed by atoms with E-state index in [1.54, 1.807) is 14.2 Å². The van der Waals surface area contributed by atoms with Crippen LogP contribution in [-0.2, 0) is 51.0 Å². The Hall–Kier alpha value is -3.98. The Bertz CT molecular complexity index is 1450. The number of nitrogens with one attached hydrogen (secondary N) is 1. The molecular formula is C29H38N4O10S. The largest absolute Gasteiger partial charge is 0.493 e. The van der Waals surface area contributed by atoms with Gasteiger partial charge >= 0.3 is 17.9 Å². The van der Waals surface area contributed by atoms with Crippen molar-refractivity contribution in [1.29, 1.82) is 0 Å². The predicted molar refractivity (Wildman–Crippen MR) is 156 cm³/mol. The van der Waals surface area contributed by atoms with E-state index in [9.17, 15) is 19.2 Å². The number of benzene rings is 1. The van der Waals surface area contributed by atoms with Gasteiger partial charge in [0.2, 0.25) is 10.7 Å². The first-order valence-electron chi connectivity index (χ1n) is 14.2. The number of esters is 3. The Kier molecular flexibility index (Phi) is 10.6. The van der Waals surface area contributed by atoms with Crippen LogP contribution in [0.2, 0.25) is 0 Å². The fourth-order valence-corrected chi connectivity index (χ4v) is 5.68. The predicted octanol–water partition coefficient (Wildman–Crippen LogP) is 2.38. The highest BCUT2D eigenvalue weighted by molar-refractivity contribution is 7.71. The van der Waals surface area contributed by atoms with E-state index in [1.165, 1.54) is 32.4 Å². The third kappa shape index (κ3) is 7.75. The molecule has 5 atom stereocenters. The number of rotatable bonds is 12. The zero-order valence-corrected chi connectivity index (χ0v) is 26.4. The molecule has 1 amide bonds. The summed E-state index contributed by atoms with van der Waals surface area (Å²) >= 11 is 5.91. The molecule has 240 valence electrons. The highest BCUT2D eigenvalue weighted by Gasteiger charge is 2.52. The molecule has 15 heteroatoms. The highest BCUT2D eigenvalue weighted by Crippen LogP contribution is 2.39. The fourth-order valence-electron chi connectivity index (χ4n) is 5.28. The average molecular weight is 635 g/mol. The average Bonchev–Trinajstić information content (AvgIpc) is 3.74. The van der Waals surface area contributed by atoms with E-state index in [-0.39, 0.29) is 12.6 Å². The second-order valence-corrected chi connectivity index (χ2v) is 11.0. The monoisotopic (exact) mass is 634 g/mol.